The molecule has 0 bridgehead atoms. The molecule has 1 saturated heterocycles. The van der Waals surface area contributed by atoms with Crippen molar-refractivity contribution in [2.75, 3.05) is 18.5 Å². The Labute approximate surface area is 99.5 Å². The van der Waals surface area contributed by atoms with Crippen LogP contribution in [0.1, 0.15) is 6.42 Å². The van der Waals surface area contributed by atoms with Crippen LogP contribution < -0.4 is 5.32 Å². The molecule has 2 rings (SSSR count). The normalized spacial score (nSPS) is 26.3. The van der Waals surface area contributed by atoms with Crippen LogP contribution in [0.25, 0.3) is 0 Å². The Morgan fingerprint density at radius 3 is 3.00 bits per heavy atom. The van der Waals surface area contributed by atoms with Crippen LogP contribution in [0.15, 0.2) is 24.3 Å². The maximum Gasteiger partial charge on any atom is 0.0771 e. The summed E-state index contributed by atoms with van der Waals surface area (Å²) in [5, 5.41) is 4.14. The molecule has 1 aromatic carbocycles. The fourth-order valence-corrected chi connectivity index (χ4v) is 2.13. The van der Waals surface area contributed by atoms with Gasteiger partial charge in [0.05, 0.1) is 12.0 Å². The van der Waals surface area contributed by atoms with Gasteiger partial charge in [-0.3, -0.25) is 0 Å². The molecule has 1 aromatic rings. The number of hydrogen-bond acceptors (Lipinski definition) is 2. The van der Waals surface area contributed by atoms with Crippen molar-refractivity contribution in [2.45, 2.75) is 17.8 Å². The van der Waals surface area contributed by atoms with E-state index >= 15 is 0 Å². The van der Waals surface area contributed by atoms with Crippen LogP contribution >= 0.6 is 23.2 Å². The zero-order valence-corrected chi connectivity index (χ0v) is 9.76. The summed E-state index contributed by atoms with van der Waals surface area (Å²) in [5.74, 6) is 0. The van der Waals surface area contributed by atoms with Gasteiger partial charge < -0.3 is 10.1 Å². The second kappa shape index (κ2) is 5.06. The van der Waals surface area contributed by atoms with Gasteiger partial charge in [-0.1, -0.05) is 17.7 Å². The molecule has 0 saturated carbocycles. The van der Waals surface area contributed by atoms with Gasteiger partial charge in [0.1, 0.15) is 0 Å². The Bertz CT molecular complexity index is 332. The number of alkyl halides is 1. The molecule has 82 valence electrons. The van der Waals surface area contributed by atoms with Gasteiger partial charge >= 0.3 is 0 Å². The molecule has 1 aliphatic heterocycles. The van der Waals surface area contributed by atoms with Crippen LogP contribution in [-0.4, -0.2) is 24.6 Å². The number of halogens is 2. The lowest BCUT2D eigenvalue weighted by atomic mass is 10.1. The average molecular weight is 246 g/mol. The molecule has 0 aliphatic carbocycles. The first-order valence-electron chi connectivity index (χ1n) is 4.99. The minimum atomic E-state index is 0.0257. The smallest absolute Gasteiger partial charge is 0.0771 e. The monoisotopic (exact) mass is 245 g/mol. The summed E-state index contributed by atoms with van der Waals surface area (Å²) >= 11 is 12.1. The van der Waals surface area contributed by atoms with Crippen molar-refractivity contribution in [1.82, 2.24) is 0 Å². The van der Waals surface area contributed by atoms with Crippen molar-refractivity contribution in [2.24, 2.45) is 0 Å². The first-order chi connectivity index (χ1) is 7.25. The molecule has 0 radical (unpaired) electrons. The molecule has 0 amide bonds. The summed E-state index contributed by atoms with van der Waals surface area (Å²) in [7, 11) is 0. The predicted octanol–water partition coefficient (Wildman–Crippen LogP) is 3.15. The van der Waals surface area contributed by atoms with Gasteiger partial charge in [0.2, 0.25) is 0 Å². The van der Waals surface area contributed by atoms with Gasteiger partial charge in [-0.15, -0.1) is 11.6 Å². The fraction of sp³-hybridized carbons (Fsp3) is 0.455. The molecular weight excluding hydrogens is 233 g/mol. The SMILES string of the molecule is Clc1cccc(NC2CCOCC2Cl)c1. The van der Waals surface area contributed by atoms with Crippen molar-refractivity contribution >= 4 is 28.9 Å². The van der Waals surface area contributed by atoms with E-state index in [1.807, 2.05) is 24.3 Å². The van der Waals surface area contributed by atoms with Crippen molar-refractivity contribution < 1.29 is 4.74 Å². The van der Waals surface area contributed by atoms with E-state index in [1.54, 1.807) is 0 Å². The van der Waals surface area contributed by atoms with Gasteiger partial charge in [0.25, 0.3) is 0 Å². The predicted molar refractivity (Wildman–Crippen MR) is 63.9 cm³/mol. The molecule has 0 spiro atoms. The Balaban J connectivity index is 2.01. The van der Waals surface area contributed by atoms with E-state index in [0.717, 1.165) is 23.7 Å². The number of benzene rings is 1. The summed E-state index contributed by atoms with van der Waals surface area (Å²) in [5.41, 5.74) is 1.01. The highest BCUT2D eigenvalue weighted by Gasteiger charge is 2.23. The number of rotatable bonds is 2. The Kier molecular flexibility index (Phi) is 3.73. The van der Waals surface area contributed by atoms with E-state index in [-0.39, 0.29) is 11.4 Å². The van der Waals surface area contributed by atoms with Gasteiger partial charge in [0.15, 0.2) is 0 Å². The van der Waals surface area contributed by atoms with Crippen LogP contribution in [-0.2, 0) is 4.74 Å². The van der Waals surface area contributed by atoms with E-state index < -0.39 is 0 Å². The third-order valence-electron chi connectivity index (χ3n) is 2.46. The molecule has 4 heteroatoms. The minimum absolute atomic E-state index is 0.0257. The van der Waals surface area contributed by atoms with Crippen molar-refractivity contribution in [3.63, 3.8) is 0 Å². The fourth-order valence-electron chi connectivity index (χ4n) is 1.66. The Morgan fingerprint density at radius 2 is 2.27 bits per heavy atom. The Hall–Kier alpha value is -0.440. The summed E-state index contributed by atoms with van der Waals surface area (Å²) in [6.45, 7) is 1.38. The van der Waals surface area contributed by atoms with Crippen molar-refractivity contribution in [3.05, 3.63) is 29.3 Å². The molecule has 15 heavy (non-hydrogen) atoms. The second-order valence-corrected chi connectivity index (χ2v) is 4.64. The zero-order valence-electron chi connectivity index (χ0n) is 8.25. The van der Waals surface area contributed by atoms with E-state index in [9.17, 15) is 0 Å². The molecule has 2 unspecified atom stereocenters. The van der Waals surface area contributed by atoms with Crippen molar-refractivity contribution in [1.29, 1.82) is 0 Å². The van der Waals surface area contributed by atoms with E-state index in [4.69, 9.17) is 27.9 Å². The summed E-state index contributed by atoms with van der Waals surface area (Å²) in [6.07, 6.45) is 0.931. The van der Waals surface area contributed by atoms with Gasteiger partial charge in [-0.2, -0.15) is 0 Å². The molecular formula is C11H13Cl2NO. The summed E-state index contributed by atoms with van der Waals surface area (Å²) in [6, 6.07) is 7.94. The van der Waals surface area contributed by atoms with E-state index in [1.165, 1.54) is 0 Å². The quantitative estimate of drug-likeness (QED) is 0.809. The first kappa shape index (κ1) is 11.1. The summed E-state index contributed by atoms with van der Waals surface area (Å²) in [4.78, 5) is 0. The molecule has 2 nitrogen and oxygen atoms in total. The lowest BCUT2D eigenvalue weighted by molar-refractivity contribution is 0.0935. The zero-order chi connectivity index (χ0) is 10.7. The van der Waals surface area contributed by atoms with Crippen LogP contribution in [0, 0.1) is 0 Å². The lowest BCUT2D eigenvalue weighted by Gasteiger charge is -2.28. The van der Waals surface area contributed by atoms with Gasteiger partial charge in [0, 0.05) is 23.4 Å². The highest BCUT2D eigenvalue weighted by molar-refractivity contribution is 6.30. The highest BCUT2D eigenvalue weighted by atomic mass is 35.5. The van der Waals surface area contributed by atoms with Crippen LogP contribution in [0.5, 0.6) is 0 Å². The van der Waals surface area contributed by atoms with Crippen LogP contribution in [0.3, 0.4) is 0 Å². The number of ether oxygens (including phenoxy) is 1. The molecule has 2 atom stereocenters. The largest absolute Gasteiger partial charge is 0.381 e. The topological polar surface area (TPSA) is 21.3 Å². The molecule has 1 fully saturated rings. The minimum Gasteiger partial charge on any atom is -0.381 e. The van der Waals surface area contributed by atoms with Crippen LogP contribution in [0.4, 0.5) is 5.69 Å². The molecule has 0 aromatic heterocycles. The van der Waals surface area contributed by atoms with Gasteiger partial charge in [-0.25, -0.2) is 0 Å². The maximum atomic E-state index is 6.15. The number of hydrogen-bond donors (Lipinski definition) is 1. The molecule has 1 heterocycles. The Morgan fingerprint density at radius 1 is 1.40 bits per heavy atom. The van der Waals surface area contributed by atoms with E-state index in [0.29, 0.717) is 6.61 Å². The third kappa shape index (κ3) is 3.00. The molecule has 1 N–H and O–H groups in total. The maximum absolute atomic E-state index is 6.15. The first-order valence-corrected chi connectivity index (χ1v) is 5.81. The lowest BCUT2D eigenvalue weighted by Crippen LogP contribution is -2.38. The standard InChI is InChI=1S/C11H13Cl2NO/c12-8-2-1-3-9(6-8)14-11-4-5-15-7-10(11)13/h1-3,6,10-11,14H,4-5,7H2. The second-order valence-electron chi connectivity index (χ2n) is 3.64. The van der Waals surface area contributed by atoms with E-state index in [2.05, 4.69) is 5.32 Å². The average Bonchev–Trinajstić information content (AvgIpc) is 2.22. The highest BCUT2D eigenvalue weighted by Crippen LogP contribution is 2.21. The molecule has 1 aliphatic rings. The van der Waals surface area contributed by atoms with Crippen LogP contribution in [0.2, 0.25) is 5.02 Å². The third-order valence-corrected chi connectivity index (χ3v) is 3.13. The number of nitrogens with one attached hydrogen (secondary N) is 1. The summed E-state index contributed by atoms with van der Waals surface area (Å²) < 4.78 is 5.28. The number of anilines is 1. The van der Waals surface area contributed by atoms with Crippen molar-refractivity contribution in [3.8, 4) is 0 Å². The van der Waals surface area contributed by atoms with Gasteiger partial charge in [-0.05, 0) is 24.6 Å².